The van der Waals surface area contributed by atoms with E-state index in [1.165, 1.54) is 5.56 Å². The van der Waals surface area contributed by atoms with E-state index in [2.05, 4.69) is 26.0 Å². The van der Waals surface area contributed by atoms with Gasteiger partial charge in [-0.1, -0.05) is 38.1 Å². The van der Waals surface area contributed by atoms with E-state index in [9.17, 15) is 5.11 Å². The number of aliphatic hydroxyl groups is 1. The fraction of sp³-hybridized carbons (Fsp3) is 0.647. The first-order valence-corrected chi connectivity index (χ1v) is 7.61. The Labute approximate surface area is 121 Å². The maximum absolute atomic E-state index is 10.1. The van der Waals surface area contributed by atoms with Crippen LogP contribution in [0.2, 0.25) is 0 Å². The van der Waals surface area contributed by atoms with E-state index in [1.54, 1.807) is 0 Å². The summed E-state index contributed by atoms with van der Waals surface area (Å²) in [6, 6.07) is 8.19. The third-order valence-electron chi connectivity index (χ3n) is 3.61. The van der Waals surface area contributed by atoms with Crippen LogP contribution in [0.3, 0.4) is 0 Å². The molecule has 2 atom stereocenters. The summed E-state index contributed by atoms with van der Waals surface area (Å²) in [6.07, 6.45) is 2.93. The molecule has 1 aliphatic heterocycles. The Bertz CT molecular complexity index is 380. The molecule has 0 aromatic heterocycles. The van der Waals surface area contributed by atoms with Crippen molar-refractivity contribution in [2.24, 2.45) is 5.92 Å². The molecule has 0 spiro atoms. The van der Waals surface area contributed by atoms with E-state index in [4.69, 9.17) is 9.47 Å². The van der Waals surface area contributed by atoms with Gasteiger partial charge in [0.2, 0.25) is 0 Å². The Hall–Kier alpha value is -0.900. The first kappa shape index (κ1) is 15.5. The van der Waals surface area contributed by atoms with E-state index in [-0.39, 0.29) is 6.10 Å². The fourth-order valence-electron chi connectivity index (χ4n) is 2.53. The van der Waals surface area contributed by atoms with E-state index < -0.39 is 6.10 Å². The number of rotatable bonds is 7. The molecule has 1 aromatic carbocycles. The lowest BCUT2D eigenvalue weighted by Gasteiger charge is -2.15. The number of ether oxygens (including phenoxy) is 2. The van der Waals surface area contributed by atoms with Crippen LogP contribution in [0.25, 0.3) is 0 Å². The topological polar surface area (TPSA) is 38.7 Å². The highest BCUT2D eigenvalue weighted by Gasteiger charge is 2.16. The van der Waals surface area contributed by atoms with Gasteiger partial charge < -0.3 is 14.6 Å². The standard InChI is InChI=1S/C17H26O3/c1-13(2)10-14-5-7-15(8-6-14)17(18)12-19-11-16-4-3-9-20-16/h5-8,13,16-18H,3-4,9-12H2,1-2H3. The normalized spacial score (nSPS) is 20.5. The van der Waals surface area contributed by atoms with Crippen LogP contribution in [0.4, 0.5) is 0 Å². The minimum Gasteiger partial charge on any atom is -0.386 e. The molecule has 0 radical (unpaired) electrons. The Balaban J connectivity index is 1.75. The molecule has 2 unspecified atom stereocenters. The zero-order valence-corrected chi connectivity index (χ0v) is 12.5. The van der Waals surface area contributed by atoms with Crippen molar-refractivity contribution >= 4 is 0 Å². The molecule has 1 saturated heterocycles. The van der Waals surface area contributed by atoms with Crippen LogP contribution < -0.4 is 0 Å². The zero-order chi connectivity index (χ0) is 14.4. The molecule has 0 aliphatic carbocycles. The molecular weight excluding hydrogens is 252 g/mol. The van der Waals surface area contributed by atoms with Crippen molar-refractivity contribution in [2.45, 2.75) is 45.3 Å². The second-order valence-electron chi connectivity index (χ2n) is 6.03. The Morgan fingerprint density at radius 2 is 2.05 bits per heavy atom. The van der Waals surface area contributed by atoms with Crippen LogP contribution in [0.15, 0.2) is 24.3 Å². The largest absolute Gasteiger partial charge is 0.386 e. The smallest absolute Gasteiger partial charge is 0.102 e. The molecule has 1 aromatic rings. The van der Waals surface area contributed by atoms with Crippen molar-refractivity contribution in [3.8, 4) is 0 Å². The minimum atomic E-state index is -0.551. The van der Waals surface area contributed by atoms with Crippen molar-refractivity contribution < 1.29 is 14.6 Å². The van der Waals surface area contributed by atoms with Crippen LogP contribution in [-0.2, 0) is 15.9 Å². The second-order valence-corrected chi connectivity index (χ2v) is 6.03. The predicted octanol–water partition coefficient (Wildman–Crippen LogP) is 3.11. The lowest BCUT2D eigenvalue weighted by atomic mass is 10.0. The molecule has 112 valence electrons. The van der Waals surface area contributed by atoms with Crippen LogP contribution >= 0.6 is 0 Å². The van der Waals surface area contributed by atoms with Gasteiger partial charge in [0.05, 0.1) is 19.3 Å². The van der Waals surface area contributed by atoms with Crippen LogP contribution in [-0.4, -0.2) is 31.0 Å². The number of hydrogen-bond acceptors (Lipinski definition) is 3. The summed E-state index contributed by atoms with van der Waals surface area (Å²) in [6.45, 7) is 6.18. The molecule has 0 bridgehead atoms. The lowest BCUT2D eigenvalue weighted by Crippen LogP contribution is -2.17. The van der Waals surface area contributed by atoms with Gasteiger partial charge in [-0.3, -0.25) is 0 Å². The van der Waals surface area contributed by atoms with Gasteiger partial charge in [-0.2, -0.15) is 0 Å². The average molecular weight is 278 g/mol. The molecule has 1 aliphatic rings. The van der Waals surface area contributed by atoms with E-state index in [0.717, 1.165) is 31.4 Å². The minimum absolute atomic E-state index is 0.218. The van der Waals surface area contributed by atoms with Crippen molar-refractivity contribution in [2.75, 3.05) is 19.8 Å². The summed E-state index contributed by atoms with van der Waals surface area (Å²) in [5.41, 5.74) is 2.24. The number of hydrogen-bond donors (Lipinski definition) is 1. The van der Waals surface area contributed by atoms with E-state index in [0.29, 0.717) is 19.1 Å². The summed E-state index contributed by atoms with van der Waals surface area (Å²) in [4.78, 5) is 0. The Morgan fingerprint density at radius 1 is 1.30 bits per heavy atom. The predicted molar refractivity (Wildman–Crippen MR) is 79.7 cm³/mol. The van der Waals surface area contributed by atoms with Crippen molar-refractivity contribution in [3.63, 3.8) is 0 Å². The third kappa shape index (κ3) is 4.89. The quantitative estimate of drug-likeness (QED) is 0.833. The van der Waals surface area contributed by atoms with Crippen LogP contribution in [0.5, 0.6) is 0 Å². The molecule has 3 heteroatoms. The third-order valence-corrected chi connectivity index (χ3v) is 3.61. The Morgan fingerprint density at radius 3 is 2.65 bits per heavy atom. The van der Waals surface area contributed by atoms with Gasteiger partial charge in [0.1, 0.15) is 6.10 Å². The highest BCUT2D eigenvalue weighted by molar-refractivity contribution is 5.24. The molecule has 1 fully saturated rings. The van der Waals surface area contributed by atoms with Crippen molar-refractivity contribution in [1.82, 2.24) is 0 Å². The molecule has 0 amide bonds. The van der Waals surface area contributed by atoms with Gasteiger partial charge in [0.25, 0.3) is 0 Å². The van der Waals surface area contributed by atoms with Gasteiger partial charge in [-0.05, 0) is 36.3 Å². The molecule has 3 nitrogen and oxygen atoms in total. The average Bonchev–Trinajstić information content (AvgIpc) is 2.92. The van der Waals surface area contributed by atoms with Gasteiger partial charge in [0.15, 0.2) is 0 Å². The van der Waals surface area contributed by atoms with E-state index >= 15 is 0 Å². The van der Waals surface area contributed by atoms with Crippen LogP contribution in [0, 0.1) is 5.92 Å². The SMILES string of the molecule is CC(C)Cc1ccc(C(O)COCC2CCCO2)cc1. The maximum atomic E-state index is 10.1. The highest BCUT2D eigenvalue weighted by Crippen LogP contribution is 2.17. The molecular formula is C17H26O3. The fourth-order valence-corrected chi connectivity index (χ4v) is 2.53. The van der Waals surface area contributed by atoms with Gasteiger partial charge in [0, 0.05) is 6.61 Å². The molecule has 1 heterocycles. The first-order chi connectivity index (χ1) is 9.65. The summed E-state index contributed by atoms with van der Waals surface area (Å²) in [5, 5.41) is 10.1. The van der Waals surface area contributed by atoms with E-state index in [1.807, 2.05) is 12.1 Å². The number of benzene rings is 1. The second kappa shape index (κ2) is 7.77. The van der Waals surface area contributed by atoms with Crippen LogP contribution in [0.1, 0.15) is 43.9 Å². The van der Waals surface area contributed by atoms with Gasteiger partial charge in [-0.15, -0.1) is 0 Å². The molecule has 2 rings (SSSR count). The molecule has 1 N–H and O–H groups in total. The number of aliphatic hydroxyl groups excluding tert-OH is 1. The Kier molecular flexibility index (Phi) is 6.02. The van der Waals surface area contributed by atoms with Gasteiger partial charge in [-0.25, -0.2) is 0 Å². The molecule has 20 heavy (non-hydrogen) atoms. The summed E-state index contributed by atoms with van der Waals surface area (Å²) in [7, 11) is 0. The highest BCUT2D eigenvalue weighted by atomic mass is 16.5. The lowest BCUT2D eigenvalue weighted by molar-refractivity contribution is -0.0176. The van der Waals surface area contributed by atoms with Crippen molar-refractivity contribution in [3.05, 3.63) is 35.4 Å². The summed E-state index contributed by atoms with van der Waals surface area (Å²) in [5.74, 6) is 0.653. The first-order valence-electron chi connectivity index (χ1n) is 7.61. The van der Waals surface area contributed by atoms with Gasteiger partial charge >= 0.3 is 0 Å². The van der Waals surface area contributed by atoms with Crippen molar-refractivity contribution in [1.29, 1.82) is 0 Å². The monoisotopic (exact) mass is 278 g/mol. The molecule has 0 saturated carbocycles. The zero-order valence-electron chi connectivity index (χ0n) is 12.5. The maximum Gasteiger partial charge on any atom is 0.102 e. The summed E-state index contributed by atoms with van der Waals surface area (Å²) >= 11 is 0. The summed E-state index contributed by atoms with van der Waals surface area (Å²) < 4.78 is 11.0.